The molecule has 3 nitrogen and oxygen atoms in total. The molecule has 3 atom stereocenters. The molecule has 0 aliphatic carbocycles. The van der Waals surface area contributed by atoms with Crippen LogP contribution < -0.4 is 0 Å². The molecule has 0 radical (unpaired) electrons. The van der Waals surface area contributed by atoms with E-state index in [0.29, 0.717) is 0 Å². The predicted molar refractivity (Wildman–Crippen MR) is 55.1 cm³/mol. The molecule has 0 spiro atoms. The van der Waals surface area contributed by atoms with Crippen LogP contribution in [0.1, 0.15) is 13.3 Å². The molecule has 1 aliphatic heterocycles. The van der Waals surface area contributed by atoms with Crippen LogP contribution in [0.15, 0.2) is 0 Å². The van der Waals surface area contributed by atoms with Gasteiger partial charge < -0.3 is 14.3 Å². The average Bonchev–Trinajstić information content (AvgIpc) is 2.07. The Kier molecular flexibility index (Phi) is 4.66. The number of hydrogen-bond donors (Lipinski definition) is 1. The van der Waals surface area contributed by atoms with E-state index in [4.69, 9.17) is 4.74 Å². The van der Waals surface area contributed by atoms with Crippen molar-refractivity contribution in [2.75, 3.05) is 27.7 Å². The van der Waals surface area contributed by atoms with E-state index in [2.05, 4.69) is 21.1 Å². The quantitative estimate of drug-likeness (QED) is 0.679. The van der Waals surface area contributed by atoms with Crippen LogP contribution in [0.5, 0.6) is 0 Å². The highest BCUT2D eigenvalue weighted by molar-refractivity contribution is 5.85. The molecule has 1 rings (SSSR count). The van der Waals surface area contributed by atoms with Crippen LogP contribution in [-0.2, 0) is 4.74 Å². The first-order valence-electron chi connectivity index (χ1n) is 4.52. The molecule has 0 amide bonds. The molecule has 1 aliphatic rings. The summed E-state index contributed by atoms with van der Waals surface area (Å²) in [6.45, 7) is 2.90. The number of aliphatic hydroxyl groups excluding tert-OH is 1. The summed E-state index contributed by atoms with van der Waals surface area (Å²) in [5.74, 6) is 0. The van der Waals surface area contributed by atoms with E-state index in [1.807, 2.05) is 6.92 Å². The normalized spacial score (nSPS) is 34.4. The van der Waals surface area contributed by atoms with Gasteiger partial charge in [0.05, 0.1) is 33.4 Å². The maximum absolute atomic E-state index is 9.43. The highest BCUT2D eigenvalue weighted by Crippen LogP contribution is 2.21. The number of quaternary nitrogens is 1. The van der Waals surface area contributed by atoms with Crippen LogP contribution in [0.2, 0.25) is 0 Å². The number of rotatable bonds is 2. The Bertz CT molecular complexity index is 148. The molecule has 1 heterocycles. The summed E-state index contributed by atoms with van der Waals surface area (Å²) in [6.07, 6.45) is 0.773. The summed E-state index contributed by atoms with van der Waals surface area (Å²) in [7, 11) is 6.41. The van der Waals surface area contributed by atoms with Crippen molar-refractivity contribution >= 4 is 12.4 Å². The fourth-order valence-corrected chi connectivity index (χ4v) is 1.64. The van der Waals surface area contributed by atoms with Gasteiger partial charge in [0.25, 0.3) is 0 Å². The summed E-state index contributed by atoms with van der Waals surface area (Å²) in [4.78, 5) is 0. The van der Waals surface area contributed by atoms with Crippen molar-refractivity contribution in [2.24, 2.45) is 0 Å². The van der Waals surface area contributed by atoms with Crippen molar-refractivity contribution in [3.63, 3.8) is 0 Å². The number of halogens is 1. The van der Waals surface area contributed by atoms with E-state index in [-0.39, 0.29) is 30.7 Å². The molecule has 13 heavy (non-hydrogen) atoms. The van der Waals surface area contributed by atoms with Gasteiger partial charge in [-0.15, -0.1) is 12.4 Å². The molecule has 4 heteroatoms. The molecule has 0 aromatic heterocycles. The Balaban J connectivity index is 0.00000144. The Labute approximate surface area is 86.7 Å². The molecule has 1 fully saturated rings. The topological polar surface area (TPSA) is 29.5 Å². The Morgan fingerprint density at radius 2 is 1.92 bits per heavy atom. The average molecular weight is 211 g/mol. The molecule has 1 N–H and O–H groups in total. The van der Waals surface area contributed by atoms with Gasteiger partial charge in [-0.1, -0.05) is 0 Å². The van der Waals surface area contributed by atoms with E-state index in [0.717, 1.165) is 17.4 Å². The Hall–Kier alpha value is 0.170. The third-order valence-electron chi connectivity index (χ3n) is 2.20. The van der Waals surface area contributed by atoms with Crippen molar-refractivity contribution in [2.45, 2.75) is 31.7 Å². The van der Waals surface area contributed by atoms with Crippen LogP contribution in [0.25, 0.3) is 0 Å². The van der Waals surface area contributed by atoms with Gasteiger partial charge in [0.15, 0.2) is 0 Å². The van der Waals surface area contributed by atoms with Gasteiger partial charge in [-0.05, 0) is 6.92 Å². The molecule has 0 bridgehead atoms. The third-order valence-corrected chi connectivity index (χ3v) is 2.20. The summed E-state index contributed by atoms with van der Waals surface area (Å²) < 4.78 is 6.48. The van der Waals surface area contributed by atoms with Crippen LogP contribution in [-0.4, -0.2) is 55.6 Å². The minimum Gasteiger partial charge on any atom is -0.390 e. The maximum Gasteiger partial charge on any atom is 0.109 e. The first-order valence-corrected chi connectivity index (χ1v) is 4.52. The van der Waals surface area contributed by atoms with Crippen LogP contribution in [0.4, 0.5) is 0 Å². The predicted octanol–water partition coefficient (Wildman–Crippen LogP) is 0.653. The fraction of sp³-hybridized carbons (Fsp3) is 1.00. The lowest BCUT2D eigenvalue weighted by atomic mass is 10.1. The molecular formula is C9H21ClNO2+. The lowest BCUT2D eigenvalue weighted by Gasteiger charge is -2.26. The second kappa shape index (κ2) is 4.60. The molecule has 0 aromatic rings. The van der Waals surface area contributed by atoms with Crippen molar-refractivity contribution in [1.82, 2.24) is 0 Å². The number of likely N-dealkylation sites (N-methyl/N-ethyl adjacent to an activating group) is 1. The van der Waals surface area contributed by atoms with Crippen LogP contribution in [0.3, 0.4) is 0 Å². The Morgan fingerprint density at radius 1 is 1.38 bits per heavy atom. The van der Waals surface area contributed by atoms with E-state index >= 15 is 0 Å². The zero-order chi connectivity index (χ0) is 9.35. The third kappa shape index (κ3) is 4.27. The van der Waals surface area contributed by atoms with Gasteiger partial charge in [-0.3, -0.25) is 0 Å². The highest BCUT2D eigenvalue weighted by Gasteiger charge is 2.33. The zero-order valence-corrected chi connectivity index (χ0v) is 9.67. The number of aliphatic hydroxyl groups is 1. The minimum absolute atomic E-state index is 0. The number of hydrogen-bond acceptors (Lipinski definition) is 2. The molecule has 80 valence electrons. The van der Waals surface area contributed by atoms with Gasteiger partial charge in [-0.2, -0.15) is 0 Å². The van der Waals surface area contributed by atoms with Gasteiger partial charge in [0.2, 0.25) is 0 Å². The summed E-state index contributed by atoms with van der Waals surface area (Å²) >= 11 is 0. The number of ether oxygens (including phenoxy) is 1. The molecule has 1 saturated heterocycles. The minimum atomic E-state index is -0.262. The van der Waals surface area contributed by atoms with Gasteiger partial charge in [-0.25, -0.2) is 0 Å². The second-order valence-corrected chi connectivity index (χ2v) is 4.74. The smallest absolute Gasteiger partial charge is 0.109 e. The fourth-order valence-electron chi connectivity index (χ4n) is 1.64. The van der Waals surface area contributed by atoms with Crippen LogP contribution in [0, 0.1) is 0 Å². The Morgan fingerprint density at radius 3 is 2.23 bits per heavy atom. The largest absolute Gasteiger partial charge is 0.390 e. The summed E-state index contributed by atoms with van der Waals surface area (Å²) in [5, 5.41) is 9.43. The highest BCUT2D eigenvalue weighted by atomic mass is 35.5. The molecular weight excluding hydrogens is 190 g/mol. The van der Waals surface area contributed by atoms with Crippen molar-refractivity contribution in [1.29, 1.82) is 0 Å². The SMILES string of the molecule is CC1O[C@H](C[N+](C)(C)C)CC1O.Cl. The molecule has 2 unspecified atom stereocenters. The van der Waals surface area contributed by atoms with Crippen molar-refractivity contribution in [3.8, 4) is 0 Å². The van der Waals surface area contributed by atoms with Gasteiger partial charge in [0, 0.05) is 6.42 Å². The monoisotopic (exact) mass is 210 g/mol. The molecule has 0 saturated carbocycles. The van der Waals surface area contributed by atoms with E-state index in [9.17, 15) is 5.11 Å². The first kappa shape index (κ1) is 13.2. The second-order valence-electron chi connectivity index (χ2n) is 4.74. The maximum atomic E-state index is 9.43. The standard InChI is InChI=1S/C9H20NO2.ClH/c1-7-9(11)5-8(12-7)6-10(2,3)4;/h7-9,11H,5-6H2,1-4H3;1H/q+1;/t7?,8-,9?;/m0./s1. The number of nitrogens with zero attached hydrogens (tertiary/aromatic N) is 1. The van der Waals surface area contributed by atoms with Gasteiger partial charge in [0.1, 0.15) is 12.6 Å². The van der Waals surface area contributed by atoms with Gasteiger partial charge >= 0.3 is 0 Å². The van der Waals surface area contributed by atoms with E-state index < -0.39 is 0 Å². The zero-order valence-electron chi connectivity index (χ0n) is 8.86. The molecule has 0 aromatic carbocycles. The first-order chi connectivity index (χ1) is 5.38. The summed E-state index contributed by atoms with van der Waals surface area (Å²) in [6, 6.07) is 0. The van der Waals surface area contributed by atoms with E-state index in [1.165, 1.54) is 0 Å². The summed E-state index contributed by atoms with van der Waals surface area (Å²) in [5.41, 5.74) is 0. The van der Waals surface area contributed by atoms with E-state index in [1.54, 1.807) is 0 Å². The van der Waals surface area contributed by atoms with Crippen molar-refractivity contribution in [3.05, 3.63) is 0 Å². The van der Waals surface area contributed by atoms with Crippen molar-refractivity contribution < 1.29 is 14.3 Å². The lowest BCUT2D eigenvalue weighted by molar-refractivity contribution is -0.873. The van der Waals surface area contributed by atoms with Crippen LogP contribution >= 0.6 is 12.4 Å². The lowest BCUT2D eigenvalue weighted by Crippen LogP contribution is -2.41.